The van der Waals surface area contributed by atoms with Crippen molar-refractivity contribution < 1.29 is 4.79 Å². The van der Waals surface area contributed by atoms with E-state index in [1.165, 1.54) is 16.2 Å². The van der Waals surface area contributed by atoms with Crippen LogP contribution in [0, 0.1) is 0 Å². The highest BCUT2D eigenvalue weighted by atomic mass is 35.5. The lowest BCUT2D eigenvalue weighted by Gasteiger charge is -2.01. The van der Waals surface area contributed by atoms with E-state index >= 15 is 0 Å². The fourth-order valence-corrected chi connectivity index (χ4v) is 2.95. The Kier molecular flexibility index (Phi) is 3.98. The number of carbonyl (C=O) groups excluding carboxylic acids is 1. The van der Waals surface area contributed by atoms with Gasteiger partial charge in [-0.25, -0.2) is 0 Å². The van der Waals surface area contributed by atoms with Gasteiger partial charge in [0.15, 0.2) is 0 Å². The second-order valence-electron chi connectivity index (χ2n) is 3.19. The Morgan fingerprint density at radius 2 is 2.25 bits per heavy atom. The summed E-state index contributed by atoms with van der Waals surface area (Å²) in [6.07, 6.45) is 0.877. The second-order valence-corrected chi connectivity index (χ2v) is 5.94. The zero-order valence-corrected chi connectivity index (χ0v) is 10.8. The first kappa shape index (κ1) is 11.6. The molecule has 0 radical (unpaired) electrons. The summed E-state index contributed by atoms with van der Waals surface area (Å²) in [4.78, 5) is 13.6. The van der Waals surface area contributed by atoms with Crippen molar-refractivity contribution in [3.63, 3.8) is 0 Å². The van der Waals surface area contributed by atoms with Gasteiger partial charge in [0, 0.05) is 11.4 Å². The minimum Gasteiger partial charge on any atom is -0.351 e. The Labute approximate surface area is 107 Å². The Hall–Kier alpha value is -0.840. The van der Waals surface area contributed by atoms with Crippen molar-refractivity contribution in [1.29, 1.82) is 0 Å². The summed E-state index contributed by atoms with van der Waals surface area (Å²) in [6, 6.07) is 7.56. The van der Waals surface area contributed by atoms with E-state index in [-0.39, 0.29) is 5.91 Å². The van der Waals surface area contributed by atoms with Crippen molar-refractivity contribution in [2.45, 2.75) is 6.42 Å². The predicted molar refractivity (Wildman–Crippen MR) is 69.7 cm³/mol. The number of hydrogen-bond acceptors (Lipinski definition) is 3. The maximum atomic E-state index is 11.6. The molecule has 0 saturated carbocycles. The Bertz CT molecular complexity index is 464. The third-order valence-electron chi connectivity index (χ3n) is 2.03. The van der Waals surface area contributed by atoms with Crippen molar-refractivity contribution in [2.75, 3.05) is 6.54 Å². The van der Waals surface area contributed by atoms with Crippen molar-refractivity contribution in [3.8, 4) is 0 Å². The maximum absolute atomic E-state index is 11.6. The summed E-state index contributed by atoms with van der Waals surface area (Å²) in [6.45, 7) is 0.662. The first-order chi connectivity index (χ1) is 7.75. The second kappa shape index (κ2) is 5.48. The van der Waals surface area contributed by atoms with Gasteiger partial charge in [-0.1, -0.05) is 17.7 Å². The molecule has 0 spiro atoms. The van der Waals surface area contributed by atoms with Crippen LogP contribution in [0.15, 0.2) is 29.6 Å². The van der Waals surface area contributed by atoms with Crippen LogP contribution in [0.5, 0.6) is 0 Å². The van der Waals surface area contributed by atoms with Gasteiger partial charge in [0.2, 0.25) is 0 Å². The monoisotopic (exact) mass is 271 g/mol. The molecule has 0 unspecified atom stereocenters. The maximum Gasteiger partial charge on any atom is 0.261 e. The molecule has 0 aromatic carbocycles. The van der Waals surface area contributed by atoms with Crippen LogP contribution in [0.25, 0.3) is 0 Å². The summed E-state index contributed by atoms with van der Waals surface area (Å²) in [5.74, 6) is -0.0477. The average molecular weight is 272 g/mol. The Morgan fingerprint density at radius 3 is 2.88 bits per heavy atom. The van der Waals surface area contributed by atoms with E-state index in [9.17, 15) is 4.79 Å². The van der Waals surface area contributed by atoms with E-state index in [2.05, 4.69) is 11.4 Å². The molecule has 16 heavy (non-hydrogen) atoms. The van der Waals surface area contributed by atoms with Gasteiger partial charge < -0.3 is 5.32 Å². The third-order valence-corrected chi connectivity index (χ3v) is 4.20. The molecule has 2 nitrogen and oxygen atoms in total. The highest BCUT2D eigenvalue weighted by molar-refractivity contribution is 7.18. The summed E-state index contributed by atoms with van der Waals surface area (Å²) < 4.78 is 0.642. The minimum atomic E-state index is -0.0477. The highest BCUT2D eigenvalue weighted by Gasteiger charge is 2.07. The molecule has 0 fully saturated rings. The summed E-state index contributed by atoms with van der Waals surface area (Å²) in [7, 11) is 0. The van der Waals surface area contributed by atoms with E-state index in [0.29, 0.717) is 15.8 Å². The van der Waals surface area contributed by atoms with E-state index < -0.39 is 0 Å². The lowest BCUT2D eigenvalue weighted by atomic mass is 10.3. The zero-order chi connectivity index (χ0) is 11.4. The molecule has 0 aliphatic heterocycles. The van der Waals surface area contributed by atoms with Gasteiger partial charge in [-0.15, -0.1) is 22.7 Å². The largest absolute Gasteiger partial charge is 0.351 e. The van der Waals surface area contributed by atoms with Crippen LogP contribution in [0.3, 0.4) is 0 Å². The molecule has 0 aliphatic rings. The van der Waals surface area contributed by atoms with Gasteiger partial charge in [-0.05, 0) is 30.0 Å². The molecule has 0 bridgehead atoms. The number of hydrogen-bond donors (Lipinski definition) is 1. The molecule has 1 N–H and O–H groups in total. The zero-order valence-electron chi connectivity index (χ0n) is 8.40. The normalized spacial score (nSPS) is 10.3. The average Bonchev–Trinajstić information content (AvgIpc) is 2.89. The fraction of sp³-hybridized carbons (Fsp3) is 0.182. The highest BCUT2D eigenvalue weighted by Crippen LogP contribution is 2.21. The number of thiophene rings is 2. The molecule has 0 atom stereocenters. The molecule has 84 valence electrons. The molecular weight excluding hydrogens is 262 g/mol. The van der Waals surface area contributed by atoms with Gasteiger partial charge >= 0.3 is 0 Å². The number of carbonyl (C=O) groups is 1. The van der Waals surface area contributed by atoms with Crippen molar-refractivity contribution >= 4 is 40.2 Å². The van der Waals surface area contributed by atoms with Gasteiger partial charge in [-0.2, -0.15) is 0 Å². The fourth-order valence-electron chi connectivity index (χ4n) is 1.28. The molecule has 1 amide bonds. The Morgan fingerprint density at radius 1 is 1.38 bits per heavy atom. The Balaban J connectivity index is 1.80. The minimum absolute atomic E-state index is 0.0477. The smallest absolute Gasteiger partial charge is 0.261 e. The van der Waals surface area contributed by atoms with E-state index in [1.807, 2.05) is 11.4 Å². The summed E-state index contributed by atoms with van der Waals surface area (Å²) in [5, 5.41) is 4.91. The van der Waals surface area contributed by atoms with Crippen LogP contribution in [-0.2, 0) is 6.42 Å². The topological polar surface area (TPSA) is 29.1 Å². The first-order valence-corrected chi connectivity index (χ1v) is 6.89. The molecule has 2 aromatic rings. The standard InChI is InChI=1S/C11H10ClNOS2/c12-10-4-3-9(16-10)11(14)13-6-5-8-2-1-7-15-8/h1-4,7H,5-6H2,(H,13,14). The molecule has 5 heteroatoms. The summed E-state index contributed by atoms with van der Waals surface area (Å²) >= 11 is 8.76. The van der Waals surface area contributed by atoms with Crippen LogP contribution < -0.4 is 5.32 Å². The van der Waals surface area contributed by atoms with Gasteiger partial charge in [-0.3, -0.25) is 4.79 Å². The van der Waals surface area contributed by atoms with Gasteiger partial charge in [0.25, 0.3) is 5.91 Å². The SMILES string of the molecule is O=C(NCCc1cccs1)c1ccc(Cl)s1. The molecule has 0 aliphatic carbocycles. The van der Waals surface area contributed by atoms with Crippen molar-refractivity contribution in [3.05, 3.63) is 43.7 Å². The van der Waals surface area contributed by atoms with Gasteiger partial charge in [0.05, 0.1) is 9.21 Å². The third kappa shape index (κ3) is 3.07. The number of rotatable bonds is 4. The molecule has 2 rings (SSSR count). The predicted octanol–water partition coefficient (Wildman–Crippen LogP) is 3.44. The number of nitrogens with one attached hydrogen (secondary N) is 1. The molecule has 0 saturated heterocycles. The summed E-state index contributed by atoms with van der Waals surface area (Å²) in [5.41, 5.74) is 0. The van der Waals surface area contributed by atoms with Crippen LogP contribution in [0.4, 0.5) is 0 Å². The van der Waals surface area contributed by atoms with Crippen molar-refractivity contribution in [2.24, 2.45) is 0 Å². The van der Waals surface area contributed by atoms with Crippen LogP contribution in [-0.4, -0.2) is 12.5 Å². The molecule has 2 heterocycles. The van der Waals surface area contributed by atoms with Gasteiger partial charge in [0.1, 0.15) is 0 Å². The van der Waals surface area contributed by atoms with E-state index in [4.69, 9.17) is 11.6 Å². The molecular formula is C11H10ClNOS2. The number of halogens is 1. The van der Waals surface area contributed by atoms with Crippen LogP contribution in [0.1, 0.15) is 14.5 Å². The first-order valence-electron chi connectivity index (χ1n) is 4.81. The molecule has 2 aromatic heterocycles. The van der Waals surface area contributed by atoms with Crippen LogP contribution in [0.2, 0.25) is 4.34 Å². The van der Waals surface area contributed by atoms with Crippen LogP contribution >= 0.6 is 34.3 Å². The number of amides is 1. The lowest BCUT2D eigenvalue weighted by Crippen LogP contribution is -2.24. The van der Waals surface area contributed by atoms with E-state index in [0.717, 1.165) is 6.42 Å². The quantitative estimate of drug-likeness (QED) is 0.907. The van der Waals surface area contributed by atoms with Crippen molar-refractivity contribution in [1.82, 2.24) is 5.32 Å². The van der Waals surface area contributed by atoms with E-state index in [1.54, 1.807) is 23.5 Å². The lowest BCUT2D eigenvalue weighted by molar-refractivity contribution is 0.0958.